The van der Waals surface area contributed by atoms with Gasteiger partial charge in [-0.1, -0.05) is 37.5 Å². The van der Waals surface area contributed by atoms with Gasteiger partial charge in [-0.25, -0.2) is 0 Å². The summed E-state index contributed by atoms with van der Waals surface area (Å²) >= 11 is 0. The van der Waals surface area contributed by atoms with Crippen molar-refractivity contribution in [3.8, 4) is 0 Å². The van der Waals surface area contributed by atoms with Gasteiger partial charge in [0.2, 0.25) is 0 Å². The smallest absolute Gasteiger partial charge is 0.0372 e. The highest BCUT2D eigenvalue weighted by molar-refractivity contribution is 5.53. The Labute approximate surface area is 91.9 Å². The van der Waals surface area contributed by atoms with Crippen LogP contribution in [-0.4, -0.2) is 6.54 Å². The Hall–Kier alpha value is -0.980. The van der Waals surface area contributed by atoms with Crippen LogP contribution in [0.25, 0.3) is 0 Å². The van der Waals surface area contributed by atoms with Crippen molar-refractivity contribution in [2.75, 3.05) is 11.9 Å². The fraction of sp³-hybridized carbons (Fsp3) is 0.571. The van der Waals surface area contributed by atoms with E-state index in [1.54, 1.807) is 0 Å². The molecule has 0 aromatic heterocycles. The van der Waals surface area contributed by atoms with Crippen LogP contribution in [0.2, 0.25) is 0 Å². The average Bonchev–Trinajstić information content (AvgIpc) is 3.10. The van der Waals surface area contributed by atoms with Gasteiger partial charge in [-0.3, -0.25) is 0 Å². The maximum Gasteiger partial charge on any atom is 0.0372 e. The zero-order valence-corrected chi connectivity index (χ0v) is 9.21. The molecule has 1 aliphatic carbocycles. The summed E-state index contributed by atoms with van der Waals surface area (Å²) in [4.78, 5) is 0. The second kappa shape index (κ2) is 3.88. The Morgan fingerprint density at radius 2 is 1.87 bits per heavy atom. The first-order valence-electron chi connectivity index (χ1n) is 6.23. The van der Waals surface area contributed by atoms with E-state index in [-0.39, 0.29) is 0 Å². The first-order valence-corrected chi connectivity index (χ1v) is 6.23. The zero-order valence-electron chi connectivity index (χ0n) is 9.21. The zero-order chi connectivity index (χ0) is 10.1. The van der Waals surface area contributed by atoms with Gasteiger partial charge in [0, 0.05) is 12.2 Å². The molecule has 0 bridgehead atoms. The van der Waals surface area contributed by atoms with Crippen molar-refractivity contribution >= 4 is 5.69 Å². The van der Waals surface area contributed by atoms with Crippen molar-refractivity contribution in [3.05, 3.63) is 29.8 Å². The third kappa shape index (κ3) is 2.17. The molecule has 0 spiro atoms. The minimum Gasteiger partial charge on any atom is -0.385 e. The molecule has 1 aliphatic heterocycles. The third-order valence-electron chi connectivity index (χ3n) is 3.79. The lowest BCUT2D eigenvalue weighted by atomic mass is 9.90. The number of hydrogen-bond donors (Lipinski definition) is 1. The minimum absolute atomic E-state index is 0.875. The molecule has 80 valence electrons. The number of para-hydroxylation sites is 1. The molecule has 1 N–H and O–H groups in total. The molecule has 0 radical (unpaired) electrons. The molecule has 1 unspecified atom stereocenters. The highest BCUT2D eigenvalue weighted by Gasteiger charge is 2.24. The van der Waals surface area contributed by atoms with Crippen LogP contribution in [0.5, 0.6) is 0 Å². The Morgan fingerprint density at radius 3 is 2.73 bits per heavy atom. The fourth-order valence-corrected chi connectivity index (χ4v) is 2.59. The summed E-state index contributed by atoms with van der Waals surface area (Å²) < 4.78 is 0. The quantitative estimate of drug-likeness (QED) is 0.789. The number of nitrogens with one attached hydrogen (secondary N) is 1. The van der Waals surface area contributed by atoms with Crippen LogP contribution in [0.3, 0.4) is 0 Å². The molecule has 1 aromatic rings. The van der Waals surface area contributed by atoms with Gasteiger partial charge in [-0.15, -0.1) is 0 Å². The Morgan fingerprint density at radius 1 is 1.07 bits per heavy atom. The summed E-state index contributed by atoms with van der Waals surface area (Å²) in [6, 6.07) is 8.75. The van der Waals surface area contributed by atoms with E-state index in [9.17, 15) is 0 Å². The van der Waals surface area contributed by atoms with Crippen LogP contribution in [-0.2, 0) is 6.42 Å². The Bertz CT molecular complexity index is 341. The summed E-state index contributed by atoms with van der Waals surface area (Å²) in [5.41, 5.74) is 2.88. The summed E-state index contributed by atoms with van der Waals surface area (Å²) in [5.74, 6) is 1.96. The highest BCUT2D eigenvalue weighted by Crippen LogP contribution is 2.36. The summed E-state index contributed by atoms with van der Waals surface area (Å²) in [6.45, 7) is 1.18. The van der Waals surface area contributed by atoms with E-state index in [4.69, 9.17) is 0 Å². The predicted octanol–water partition coefficient (Wildman–Crippen LogP) is 3.46. The Balaban J connectivity index is 1.61. The number of rotatable bonds is 3. The largest absolute Gasteiger partial charge is 0.385 e. The molecular weight excluding hydrogens is 182 g/mol. The predicted molar refractivity (Wildman–Crippen MR) is 64.1 cm³/mol. The van der Waals surface area contributed by atoms with Gasteiger partial charge < -0.3 is 5.32 Å². The lowest BCUT2D eigenvalue weighted by Crippen LogP contribution is -2.23. The molecule has 1 fully saturated rings. The fourth-order valence-electron chi connectivity index (χ4n) is 2.59. The van der Waals surface area contributed by atoms with Gasteiger partial charge in [0.1, 0.15) is 0 Å². The number of benzene rings is 1. The molecule has 1 saturated carbocycles. The lowest BCUT2D eigenvalue weighted by molar-refractivity contribution is 0.461. The number of hydrogen-bond acceptors (Lipinski definition) is 1. The van der Waals surface area contributed by atoms with E-state index in [1.807, 2.05) is 0 Å². The second-order valence-electron chi connectivity index (χ2n) is 5.13. The standard InChI is InChI=1S/C14H19N/c1-2-4-14-13(3-1)9-12(10-15-14)8-7-11-5-6-11/h1-4,11-12,15H,5-10H2. The topological polar surface area (TPSA) is 12.0 Å². The minimum atomic E-state index is 0.875. The molecule has 1 aromatic carbocycles. The van der Waals surface area contributed by atoms with E-state index in [0.717, 1.165) is 11.8 Å². The number of fused-ring (bicyclic) bond motifs is 1. The van der Waals surface area contributed by atoms with Crippen molar-refractivity contribution < 1.29 is 0 Å². The second-order valence-corrected chi connectivity index (χ2v) is 5.13. The summed E-state index contributed by atoms with van der Waals surface area (Å²) in [7, 11) is 0. The van der Waals surface area contributed by atoms with Crippen LogP contribution >= 0.6 is 0 Å². The lowest BCUT2D eigenvalue weighted by Gasteiger charge is -2.26. The molecule has 15 heavy (non-hydrogen) atoms. The van der Waals surface area contributed by atoms with Crippen LogP contribution in [0.1, 0.15) is 31.2 Å². The number of anilines is 1. The van der Waals surface area contributed by atoms with E-state index in [2.05, 4.69) is 29.6 Å². The first kappa shape index (κ1) is 9.26. The van der Waals surface area contributed by atoms with Gasteiger partial charge in [0.05, 0.1) is 0 Å². The van der Waals surface area contributed by atoms with Crippen molar-refractivity contribution in [3.63, 3.8) is 0 Å². The molecule has 3 rings (SSSR count). The van der Waals surface area contributed by atoms with E-state index in [1.165, 1.54) is 49.9 Å². The van der Waals surface area contributed by atoms with Crippen LogP contribution in [0, 0.1) is 11.8 Å². The monoisotopic (exact) mass is 201 g/mol. The van der Waals surface area contributed by atoms with Gasteiger partial charge in [0.25, 0.3) is 0 Å². The summed E-state index contributed by atoms with van der Waals surface area (Å²) in [6.07, 6.45) is 7.17. The van der Waals surface area contributed by atoms with Gasteiger partial charge in [0.15, 0.2) is 0 Å². The molecule has 1 atom stereocenters. The molecule has 0 saturated heterocycles. The molecule has 1 heteroatoms. The van der Waals surface area contributed by atoms with Gasteiger partial charge in [-0.05, 0) is 36.3 Å². The maximum atomic E-state index is 3.56. The first-order chi connectivity index (χ1) is 7.42. The van der Waals surface area contributed by atoms with Crippen molar-refractivity contribution in [2.45, 2.75) is 32.1 Å². The molecule has 1 heterocycles. The Kier molecular flexibility index (Phi) is 2.40. The van der Waals surface area contributed by atoms with Crippen molar-refractivity contribution in [2.24, 2.45) is 11.8 Å². The summed E-state index contributed by atoms with van der Waals surface area (Å²) in [5, 5.41) is 3.56. The molecule has 0 amide bonds. The van der Waals surface area contributed by atoms with Crippen LogP contribution in [0.15, 0.2) is 24.3 Å². The van der Waals surface area contributed by atoms with Gasteiger partial charge >= 0.3 is 0 Å². The molecular formula is C14H19N. The van der Waals surface area contributed by atoms with Crippen molar-refractivity contribution in [1.29, 1.82) is 0 Å². The van der Waals surface area contributed by atoms with E-state index < -0.39 is 0 Å². The van der Waals surface area contributed by atoms with E-state index in [0.29, 0.717) is 0 Å². The van der Waals surface area contributed by atoms with Gasteiger partial charge in [-0.2, -0.15) is 0 Å². The van der Waals surface area contributed by atoms with Crippen molar-refractivity contribution in [1.82, 2.24) is 0 Å². The highest BCUT2D eigenvalue weighted by atomic mass is 14.9. The van der Waals surface area contributed by atoms with Crippen LogP contribution in [0.4, 0.5) is 5.69 Å². The SMILES string of the molecule is c1ccc2c(c1)CC(CCC1CC1)CN2. The normalized spacial score (nSPS) is 24.4. The molecule has 1 nitrogen and oxygen atoms in total. The van der Waals surface area contributed by atoms with E-state index >= 15 is 0 Å². The van der Waals surface area contributed by atoms with Crippen LogP contribution < -0.4 is 5.32 Å². The maximum absolute atomic E-state index is 3.56. The average molecular weight is 201 g/mol. The third-order valence-corrected chi connectivity index (χ3v) is 3.79. The molecule has 2 aliphatic rings.